The third kappa shape index (κ3) is 2.26. The Labute approximate surface area is 142 Å². The van der Waals surface area contributed by atoms with Crippen molar-refractivity contribution in [2.24, 2.45) is 0 Å². The molecule has 1 aromatic heterocycles. The number of anilines is 1. The number of hydrogen-bond acceptors (Lipinski definition) is 1. The van der Waals surface area contributed by atoms with Gasteiger partial charge in [0.15, 0.2) is 0 Å². The Morgan fingerprint density at radius 1 is 0.667 bits per heavy atom. The molecule has 24 heavy (non-hydrogen) atoms. The standard InChI is InChI=1S/C22H22N2/c1-3-23(4-2)17-13-15-18(16-14-17)24-21-11-7-5-9-19(21)20-10-6-8-12-22(20)24/h5-16H,3-4H2,1-2H3. The largest absolute Gasteiger partial charge is 0.372 e. The van der Waals surface area contributed by atoms with Crippen molar-refractivity contribution >= 4 is 27.5 Å². The summed E-state index contributed by atoms with van der Waals surface area (Å²) in [5.41, 5.74) is 5.01. The van der Waals surface area contributed by atoms with Gasteiger partial charge in [-0.15, -0.1) is 0 Å². The Morgan fingerprint density at radius 3 is 1.67 bits per heavy atom. The Balaban J connectivity index is 1.92. The summed E-state index contributed by atoms with van der Waals surface area (Å²) in [6, 6.07) is 26.2. The quantitative estimate of drug-likeness (QED) is 0.474. The third-order valence-corrected chi connectivity index (χ3v) is 4.82. The lowest BCUT2D eigenvalue weighted by atomic mass is 10.2. The van der Waals surface area contributed by atoms with Crippen molar-refractivity contribution in [3.05, 3.63) is 72.8 Å². The lowest BCUT2D eigenvalue weighted by molar-refractivity contribution is 0.866. The molecule has 4 rings (SSSR count). The van der Waals surface area contributed by atoms with Crippen LogP contribution in [-0.2, 0) is 0 Å². The molecular weight excluding hydrogens is 292 g/mol. The Bertz CT molecular complexity index is 923. The van der Waals surface area contributed by atoms with Gasteiger partial charge >= 0.3 is 0 Å². The van der Waals surface area contributed by atoms with E-state index in [0.29, 0.717) is 0 Å². The average Bonchev–Trinajstić information content (AvgIpc) is 2.98. The van der Waals surface area contributed by atoms with Gasteiger partial charge in [-0.1, -0.05) is 36.4 Å². The summed E-state index contributed by atoms with van der Waals surface area (Å²) in [4.78, 5) is 2.37. The van der Waals surface area contributed by atoms with E-state index in [4.69, 9.17) is 0 Å². The molecule has 0 saturated carbocycles. The molecule has 0 radical (unpaired) electrons. The minimum absolute atomic E-state index is 1.03. The number of hydrogen-bond donors (Lipinski definition) is 0. The molecule has 0 N–H and O–H groups in total. The molecule has 3 aromatic carbocycles. The van der Waals surface area contributed by atoms with Crippen LogP contribution >= 0.6 is 0 Å². The van der Waals surface area contributed by atoms with Gasteiger partial charge in [0, 0.05) is 35.2 Å². The van der Waals surface area contributed by atoms with Gasteiger partial charge in [0.25, 0.3) is 0 Å². The summed E-state index contributed by atoms with van der Waals surface area (Å²) < 4.78 is 2.36. The molecule has 0 aliphatic rings. The lowest BCUT2D eigenvalue weighted by Crippen LogP contribution is -2.21. The normalized spacial score (nSPS) is 11.2. The maximum atomic E-state index is 2.37. The minimum Gasteiger partial charge on any atom is -0.372 e. The van der Waals surface area contributed by atoms with E-state index in [9.17, 15) is 0 Å². The van der Waals surface area contributed by atoms with Crippen molar-refractivity contribution in [2.75, 3.05) is 18.0 Å². The van der Waals surface area contributed by atoms with Gasteiger partial charge in [0.05, 0.1) is 11.0 Å². The number of aromatic nitrogens is 1. The molecule has 0 aliphatic heterocycles. The molecule has 0 unspecified atom stereocenters. The molecule has 0 fully saturated rings. The van der Waals surface area contributed by atoms with Crippen molar-refractivity contribution in [3.63, 3.8) is 0 Å². The van der Waals surface area contributed by atoms with Crippen LogP contribution in [0.25, 0.3) is 27.5 Å². The first-order valence-electron chi connectivity index (χ1n) is 8.67. The topological polar surface area (TPSA) is 8.17 Å². The van der Waals surface area contributed by atoms with Crippen LogP contribution in [0.15, 0.2) is 72.8 Å². The van der Waals surface area contributed by atoms with E-state index in [-0.39, 0.29) is 0 Å². The van der Waals surface area contributed by atoms with Gasteiger partial charge in [-0.05, 0) is 50.2 Å². The summed E-state index contributed by atoms with van der Waals surface area (Å²) in [5.74, 6) is 0. The Hall–Kier alpha value is -2.74. The van der Waals surface area contributed by atoms with Crippen LogP contribution in [0, 0.1) is 0 Å². The highest BCUT2D eigenvalue weighted by Crippen LogP contribution is 2.32. The summed E-state index contributed by atoms with van der Waals surface area (Å²) in [5, 5.41) is 2.61. The number of benzene rings is 3. The number of nitrogens with zero attached hydrogens (tertiary/aromatic N) is 2. The van der Waals surface area contributed by atoms with E-state index >= 15 is 0 Å². The van der Waals surface area contributed by atoms with Crippen LogP contribution in [-0.4, -0.2) is 17.7 Å². The van der Waals surface area contributed by atoms with Crippen molar-refractivity contribution in [1.82, 2.24) is 4.57 Å². The second-order valence-electron chi connectivity index (χ2n) is 6.06. The highest BCUT2D eigenvalue weighted by molar-refractivity contribution is 6.09. The van der Waals surface area contributed by atoms with Gasteiger partial charge in [-0.3, -0.25) is 0 Å². The number of fused-ring (bicyclic) bond motifs is 3. The molecule has 2 heteroatoms. The fourth-order valence-electron chi connectivity index (χ4n) is 3.60. The second-order valence-corrected chi connectivity index (χ2v) is 6.06. The van der Waals surface area contributed by atoms with Crippen molar-refractivity contribution < 1.29 is 0 Å². The van der Waals surface area contributed by atoms with Gasteiger partial charge in [0.2, 0.25) is 0 Å². The van der Waals surface area contributed by atoms with Gasteiger partial charge in [0.1, 0.15) is 0 Å². The summed E-state index contributed by atoms with van der Waals surface area (Å²) in [6.07, 6.45) is 0. The fraction of sp³-hybridized carbons (Fsp3) is 0.182. The van der Waals surface area contributed by atoms with E-state index in [1.54, 1.807) is 0 Å². The van der Waals surface area contributed by atoms with Crippen LogP contribution in [0.1, 0.15) is 13.8 Å². The molecule has 0 spiro atoms. The van der Waals surface area contributed by atoms with Crippen LogP contribution in [0.4, 0.5) is 5.69 Å². The van der Waals surface area contributed by atoms with Gasteiger partial charge < -0.3 is 9.47 Å². The first kappa shape index (κ1) is 14.8. The molecule has 0 amide bonds. The van der Waals surface area contributed by atoms with Crippen molar-refractivity contribution in [3.8, 4) is 5.69 Å². The monoisotopic (exact) mass is 314 g/mol. The lowest BCUT2D eigenvalue weighted by Gasteiger charge is -2.21. The molecule has 2 nitrogen and oxygen atoms in total. The zero-order valence-corrected chi connectivity index (χ0v) is 14.2. The van der Waals surface area contributed by atoms with Crippen LogP contribution in [0.3, 0.4) is 0 Å². The Morgan fingerprint density at radius 2 is 1.17 bits per heavy atom. The minimum atomic E-state index is 1.03. The van der Waals surface area contributed by atoms with Crippen molar-refractivity contribution in [2.45, 2.75) is 13.8 Å². The van der Waals surface area contributed by atoms with Gasteiger partial charge in [-0.2, -0.15) is 0 Å². The SMILES string of the molecule is CCN(CC)c1ccc(-n2c3ccccc3c3ccccc32)cc1. The van der Waals surface area contributed by atoms with Crippen LogP contribution in [0.2, 0.25) is 0 Å². The van der Waals surface area contributed by atoms with E-state index in [1.807, 2.05) is 0 Å². The molecule has 0 aliphatic carbocycles. The fourth-order valence-corrected chi connectivity index (χ4v) is 3.60. The molecule has 120 valence electrons. The molecule has 0 atom stereocenters. The number of para-hydroxylation sites is 2. The maximum Gasteiger partial charge on any atom is 0.0541 e. The van der Waals surface area contributed by atoms with E-state index in [0.717, 1.165) is 13.1 Å². The Kier molecular flexibility index (Phi) is 3.73. The first-order chi connectivity index (χ1) is 11.8. The molecule has 1 heterocycles. The van der Waals surface area contributed by atoms with Gasteiger partial charge in [-0.25, -0.2) is 0 Å². The predicted molar refractivity (Wildman–Crippen MR) is 104 cm³/mol. The highest BCUT2D eigenvalue weighted by Gasteiger charge is 2.11. The molecular formula is C22H22N2. The maximum absolute atomic E-state index is 2.37. The summed E-state index contributed by atoms with van der Waals surface area (Å²) >= 11 is 0. The average molecular weight is 314 g/mol. The molecule has 4 aromatic rings. The van der Waals surface area contributed by atoms with E-state index < -0.39 is 0 Å². The molecule has 0 saturated heterocycles. The van der Waals surface area contributed by atoms with Crippen LogP contribution in [0.5, 0.6) is 0 Å². The highest BCUT2D eigenvalue weighted by atomic mass is 15.1. The zero-order chi connectivity index (χ0) is 16.5. The predicted octanol–water partition coefficient (Wildman–Crippen LogP) is 5.63. The van der Waals surface area contributed by atoms with E-state index in [1.165, 1.54) is 33.2 Å². The summed E-state index contributed by atoms with van der Waals surface area (Å²) in [6.45, 7) is 6.46. The van der Waals surface area contributed by atoms with Crippen LogP contribution < -0.4 is 4.90 Å². The smallest absolute Gasteiger partial charge is 0.0541 e. The molecule has 0 bridgehead atoms. The zero-order valence-electron chi connectivity index (χ0n) is 14.2. The number of rotatable bonds is 4. The van der Waals surface area contributed by atoms with Crippen molar-refractivity contribution in [1.29, 1.82) is 0 Å². The third-order valence-electron chi connectivity index (χ3n) is 4.82. The summed E-state index contributed by atoms with van der Waals surface area (Å²) in [7, 11) is 0. The second kappa shape index (κ2) is 6.04. The first-order valence-corrected chi connectivity index (χ1v) is 8.67. The van der Waals surface area contributed by atoms with E-state index in [2.05, 4.69) is 96.1 Å².